The minimum absolute atomic E-state index is 0.0137. The third-order valence-electron chi connectivity index (χ3n) is 3.97. The van der Waals surface area contributed by atoms with Gasteiger partial charge in [0, 0.05) is 29.2 Å². The van der Waals surface area contributed by atoms with Crippen molar-refractivity contribution in [2.45, 2.75) is 12.3 Å². The van der Waals surface area contributed by atoms with Gasteiger partial charge in [0.15, 0.2) is 0 Å². The fraction of sp³-hybridized carbons (Fsp3) is 0.118. The first-order valence-corrected chi connectivity index (χ1v) is 8.05. The van der Waals surface area contributed by atoms with Gasteiger partial charge >= 0.3 is 0 Å². The summed E-state index contributed by atoms with van der Waals surface area (Å²) in [6.45, 7) is 0. The van der Waals surface area contributed by atoms with Crippen LogP contribution < -0.4 is 5.32 Å². The SMILES string of the molecule is O=C1CC(c2cccnc2)c2ncn(-c3ccccc3Br)c2N1. The molecule has 4 rings (SSSR count). The Hall–Kier alpha value is -2.47. The highest BCUT2D eigenvalue weighted by Gasteiger charge is 2.31. The molecule has 3 aromatic rings. The third-order valence-corrected chi connectivity index (χ3v) is 4.64. The van der Waals surface area contributed by atoms with Crippen molar-refractivity contribution in [3.63, 3.8) is 0 Å². The Morgan fingerprint density at radius 3 is 2.87 bits per heavy atom. The third kappa shape index (κ3) is 2.45. The summed E-state index contributed by atoms with van der Waals surface area (Å²) in [6, 6.07) is 11.7. The zero-order chi connectivity index (χ0) is 15.8. The maximum Gasteiger partial charge on any atom is 0.226 e. The summed E-state index contributed by atoms with van der Waals surface area (Å²) < 4.78 is 2.85. The van der Waals surface area contributed by atoms with Crippen molar-refractivity contribution < 1.29 is 4.79 Å². The van der Waals surface area contributed by atoms with Crippen molar-refractivity contribution in [2.24, 2.45) is 0 Å². The summed E-state index contributed by atoms with van der Waals surface area (Å²) in [6.07, 6.45) is 5.66. The molecule has 0 fully saturated rings. The second kappa shape index (κ2) is 5.62. The second-order valence-corrected chi connectivity index (χ2v) is 6.25. The Morgan fingerprint density at radius 2 is 2.09 bits per heavy atom. The number of rotatable bonds is 2. The highest BCUT2D eigenvalue weighted by Crippen LogP contribution is 2.37. The van der Waals surface area contributed by atoms with Crippen LogP contribution in [0.1, 0.15) is 23.6 Å². The minimum atomic E-state index is -0.0730. The van der Waals surface area contributed by atoms with Crippen LogP contribution in [0.15, 0.2) is 59.6 Å². The topological polar surface area (TPSA) is 59.8 Å². The Balaban J connectivity index is 1.85. The van der Waals surface area contributed by atoms with E-state index in [1.54, 1.807) is 18.7 Å². The molecule has 0 bridgehead atoms. The van der Waals surface area contributed by atoms with E-state index in [2.05, 4.69) is 31.2 Å². The number of halogens is 1. The van der Waals surface area contributed by atoms with Crippen molar-refractivity contribution >= 4 is 27.7 Å². The summed E-state index contributed by atoms with van der Waals surface area (Å²) in [5, 5.41) is 2.95. The molecule has 1 aliphatic rings. The quantitative estimate of drug-likeness (QED) is 0.752. The monoisotopic (exact) mass is 368 g/mol. The van der Waals surface area contributed by atoms with E-state index < -0.39 is 0 Å². The van der Waals surface area contributed by atoms with Gasteiger partial charge in [-0.05, 0) is 39.7 Å². The van der Waals surface area contributed by atoms with Gasteiger partial charge in [0.25, 0.3) is 0 Å². The van der Waals surface area contributed by atoms with Crippen LogP contribution in [-0.4, -0.2) is 20.4 Å². The number of amides is 1. The number of nitrogens with zero attached hydrogens (tertiary/aromatic N) is 3. The number of imidazole rings is 1. The van der Waals surface area contributed by atoms with Crippen LogP contribution in [-0.2, 0) is 4.79 Å². The molecule has 1 aromatic carbocycles. The van der Waals surface area contributed by atoms with E-state index in [1.807, 2.05) is 41.0 Å². The van der Waals surface area contributed by atoms with Gasteiger partial charge in [-0.15, -0.1) is 0 Å². The highest BCUT2D eigenvalue weighted by atomic mass is 79.9. The van der Waals surface area contributed by atoms with Gasteiger partial charge < -0.3 is 5.32 Å². The van der Waals surface area contributed by atoms with Crippen LogP contribution >= 0.6 is 15.9 Å². The molecule has 3 heterocycles. The lowest BCUT2D eigenvalue weighted by Crippen LogP contribution is -2.25. The van der Waals surface area contributed by atoms with Crippen molar-refractivity contribution in [3.8, 4) is 5.69 Å². The molecule has 0 radical (unpaired) electrons. The molecule has 23 heavy (non-hydrogen) atoms. The van der Waals surface area contributed by atoms with E-state index in [0.717, 1.165) is 27.2 Å². The Bertz CT molecular complexity index is 875. The number of hydrogen-bond donors (Lipinski definition) is 1. The summed E-state index contributed by atoms with van der Waals surface area (Å²) in [5.74, 6) is 0.637. The first-order valence-electron chi connectivity index (χ1n) is 7.26. The van der Waals surface area contributed by atoms with E-state index in [-0.39, 0.29) is 11.8 Å². The van der Waals surface area contributed by atoms with Crippen molar-refractivity contribution in [2.75, 3.05) is 5.32 Å². The van der Waals surface area contributed by atoms with Gasteiger partial charge in [0.1, 0.15) is 12.1 Å². The average Bonchev–Trinajstić information content (AvgIpc) is 2.99. The molecule has 0 aliphatic carbocycles. The molecule has 1 atom stereocenters. The van der Waals surface area contributed by atoms with Crippen LogP contribution in [0.4, 0.5) is 5.82 Å². The normalized spacial score (nSPS) is 16.7. The zero-order valence-electron chi connectivity index (χ0n) is 12.1. The molecule has 114 valence electrons. The first kappa shape index (κ1) is 14.1. The molecule has 5 nitrogen and oxygen atoms in total. The molecule has 2 aromatic heterocycles. The molecule has 1 unspecified atom stereocenters. The molecule has 1 N–H and O–H groups in total. The lowest BCUT2D eigenvalue weighted by Gasteiger charge is -2.23. The van der Waals surface area contributed by atoms with Crippen molar-refractivity contribution in [1.82, 2.24) is 14.5 Å². The molecular formula is C17H13BrN4O. The number of nitrogens with one attached hydrogen (secondary N) is 1. The van der Waals surface area contributed by atoms with Gasteiger partial charge in [0.05, 0.1) is 11.4 Å². The van der Waals surface area contributed by atoms with Crippen LogP contribution in [0.5, 0.6) is 0 Å². The molecule has 1 amide bonds. The van der Waals surface area contributed by atoms with Gasteiger partial charge in [-0.25, -0.2) is 4.98 Å². The second-order valence-electron chi connectivity index (χ2n) is 5.39. The Kier molecular flexibility index (Phi) is 3.46. The van der Waals surface area contributed by atoms with Gasteiger partial charge in [-0.3, -0.25) is 14.3 Å². The van der Waals surface area contributed by atoms with E-state index in [9.17, 15) is 4.79 Å². The standard InChI is InChI=1S/C17H13BrN4O/c18-13-5-1-2-6-14(13)22-10-20-16-12(8-15(23)21-17(16)22)11-4-3-7-19-9-11/h1-7,9-10,12H,8H2,(H,21,23). The number of anilines is 1. The van der Waals surface area contributed by atoms with E-state index in [1.165, 1.54) is 0 Å². The molecule has 0 saturated heterocycles. The summed E-state index contributed by atoms with van der Waals surface area (Å²) in [5.41, 5.74) is 2.81. The fourth-order valence-corrected chi connectivity index (χ4v) is 3.37. The number of carbonyl (C=O) groups is 1. The molecule has 6 heteroatoms. The van der Waals surface area contributed by atoms with Crippen molar-refractivity contribution in [3.05, 3.63) is 70.8 Å². The van der Waals surface area contributed by atoms with Gasteiger partial charge in [0.2, 0.25) is 5.91 Å². The summed E-state index contributed by atoms with van der Waals surface area (Å²) in [7, 11) is 0. The van der Waals surface area contributed by atoms with E-state index in [0.29, 0.717) is 6.42 Å². The predicted octanol–water partition coefficient (Wildman–Crippen LogP) is 3.50. The largest absolute Gasteiger partial charge is 0.310 e. The van der Waals surface area contributed by atoms with Crippen molar-refractivity contribution in [1.29, 1.82) is 0 Å². The minimum Gasteiger partial charge on any atom is -0.310 e. The smallest absolute Gasteiger partial charge is 0.226 e. The summed E-state index contributed by atoms with van der Waals surface area (Å²) >= 11 is 3.55. The van der Waals surface area contributed by atoms with E-state index in [4.69, 9.17) is 0 Å². The van der Waals surface area contributed by atoms with Crippen LogP contribution in [0.3, 0.4) is 0 Å². The molecule has 1 aliphatic heterocycles. The lowest BCUT2D eigenvalue weighted by molar-refractivity contribution is -0.116. The number of hydrogen-bond acceptors (Lipinski definition) is 3. The van der Waals surface area contributed by atoms with E-state index >= 15 is 0 Å². The number of aromatic nitrogens is 3. The van der Waals surface area contributed by atoms with Crippen LogP contribution in [0.2, 0.25) is 0 Å². The predicted molar refractivity (Wildman–Crippen MR) is 90.6 cm³/mol. The number of para-hydroxylation sites is 1. The fourth-order valence-electron chi connectivity index (χ4n) is 2.89. The molecule has 0 spiro atoms. The number of fused-ring (bicyclic) bond motifs is 1. The lowest BCUT2D eigenvalue weighted by atomic mass is 9.91. The van der Waals surface area contributed by atoms with Gasteiger partial charge in [-0.2, -0.15) is 0 Å². The number of benzene rings is 1. The Morgan fingerprint density at radius 1 is 1.22 bits per heavy atom. The average molecular weight is 369 g/mol. The number of pyridine rings is 1. The van der Waals surface area contributed by atoms with Crippen LogP contribution in [0.25, 0.3) is 5.69 Å². The summed E-state index contributed by atoms with van der Waals surface area (Å²) in [4.78, 5) is 20.9. The first-order chi connectivity index (χ1) is 11.2. The maximum absolute atomic E-state index is 12.2. The Labute approximate surface area is 141 Å². The highest BCUT2D eigenvalue weighted by molar-refractivity contribution is 9.10. The number of carbonyl (C=O) groups excluding carboxylic acids is 1. The molecule has 0 saturated carbocycles. The van der Waals surface area contributed by atoms with Crippen LogP contribution in [0, 0.1) is 0 Å². The maximum atomic E-state index is 12.2. The van der Waals surface area contributed by atoms with Gasteiger partial charge in [-0.1, -0.05) is 18.2 Å². The molecular weight excluding hydrogens is 356 g/mol. The zero-order valence-corrected chi connectivity index (χ0v) is 13.7.